The number of aromatic nitrogens is 1. The molecule has 1 aliphatic rings. The van der Waals surface area contributed by atoms with Crippen molar-refractivity contribution in [2.75, 3.05) is 36.4 Å². The number of carbonyl (C=O) groups is 2. The summed E-state index contributed by atoms with van der Waals surface area (Å²) >= 11 is 0. The third kappa shape index (κ3) is 5.25. The monoisotopic (exact) mass is 469 g/mol. The van der Waals surface area contributed by atoms with Crippen LogP contribution in [0.4, 0.5) is 11.4 Å². The lowest BCUT2D eigenvalue weighted by molar-refractivity contribution is -0.116. The number of pyridine rings is 1. The van der Waals surface area contributed by atoms with E-state index in [-0.39, 0.29) is 23.9 Å². The first-order chi connectivity index (χ1) is 16.9. The molecule has 0 radical (unpaired) electrons. The Kier molecular flexibility index (Phi) is 6.97. The van der Waals surface area contributed by atoms with Crippen molar-refractivity contribution in [1.29, 1.82) is 5.26 Å². The average Bonchev–Trinajstić information content (AvgIpc) is 2.87. The van der Waals surface area contributed by atoms with Crippen LogP contribution in [0.1, 0.15) is 27.2 Å². The van der Waals surface area contributed by atoms with E-state index in [9.17, 15) is 19.6 Å². The Morgan fingerprint density at radius 2 is 1.63 bits per heavy atom. The van der Waals surface area contributed by atoms with E-state index in [0.29, 0.717) is 35.6 Å². The van der Waals surface area contributed by atoms with Crippen molar-refractivity contribution in [3.63, 3.8) is 0 Å². The fourth-order valence-corrected chi connectivity index (χ4v) is 4.29. The molecule has 2 aromatic carbocycles. The maximum absolute atomic E-state index is 12.9. The van der Waals surface area contributed by atoms with Crippen LogP contribution in [0, 0.1) is 25.2 Å². The minimum absolute atomic E-state index is 0.0378. The lowest BCUT2D eigenvalue weighted by atomic mass is 10.1. The molecule has 0 bridgehead atoms. The second-order valence-electron chi connectivity index (χ2n) is 8.59. The smallest absolute Gasteiger partial charge is 0.269 e. The number of nitriles is 1. The summed E-state index contributed by atoms with van der Waals surface area (Å²) in [6, 6.07) is 20.5. The third-order valence-electron chi connectivity index (χ3n) is 6.22. The van der Waals surface area contributed by atoms with Gasteiger partial charge in [0.2, 0.25) is 5.91 Å². The van der Waals surface area contributed by atoms with Crippen LogP contribution >= 0.6 is 0 Å². The van der Waals surface area contributed by atoms with E-state index in [4.69, 9.17) is 0 Å². The first-order valence-corrected chi connectivity index (χ1v) is 11.5. The van der Waals surface area contributed by atoms with Gasteiger partial charge in [0.25, 0.3) is 11.5 Å². The van der Waals surface area contributed by atoms with Crippen molar-refractivity contribution < 1.29 is 9.59 Å². The van der Waals surface area contributed by atoms with Gasteiger partial charge in [-0.15, -0.1) is 0 Å². The van der Waals surface area contributed by atoms with E-state index in [1.165, 1.54) is 4.57 Å². The number of carbonyl (C=O) groups excluding carboxylic acids is 2. The Hall–Kier alpha value is -4.38. The zero-order chi connectivity index (χ0) is 24.9. The van der Waals surface area contributed by atoms with E-state index in [2.05, 4.69) is 22.3 Å². The minimum atomic E-state index is -0.478. The van der Waals surface area contributed by atoms with Gasteiger partial charge in [0.15, 0.2) is 0 Å². The Bertz CT molecular complexity index is 1330. The van der Waals surface area contributed by atoms with Crippen LogP contribution in [0.5, 0.6) is 0 Å². The molecule has 0 atom stereocenters. The number of anilines is 2. The topological polar surface area (TPSA) is 98.4 Å². The SMILES string of the molecule is Cc1cc(C)n(CC(=O)Nc2ccc(C(=O)N3CCN(c4ccccc4)CC3)cc2)c(=O)c1C#N. The molecule has 3 aromatic rings. The van der Waals surface area contributed by atoms with Crippen molar-refractivity contribution in [3.8, 4) is 6.07 Å². The molecule has 0 saturated carbocycles. The Morgan fingerprint density at radius 3 is 2.26 bits per heavy atom. The zero-order valence-corrected chi connectivity index (χ0v) is 19.8. The van der Waals surface area contributed by atoms with Crippen molar-refractivity contribution in [2.24, 2.45) is 0 Å². The first-order valence-electron chi connectivity index (χ1n) is 11.5. The number of piperazine rings is 1. The van der Waals surface area contributed by atoms with E-state index >= 15 is 0 Å². The van der Waals surface area contributed by atoms with Crippen LogP contribution in [-0.4, -0.2) is 47.5 Å². The highest BCUT2D eigenvalue weighted by molar-refractivity contribution is 5.96. The maximum atomic E-state index is 12.9. The van der Waals surface area contributed by atoms with Crippen LogP contribution in [0.25, 0.3) is 0 Å². The molecule has 1 saturated heterocycles. The average molecular weight is 470 g/mol. The standard InChI is InChI=1S/C27H27N5O3/c1-19-16-20(2)32(27(35)24(19)17-28)18-25(33)29-22-10-8-21(9-11-22)26(34)31-14-12-30(13-15-31)23-6-4-3-5-7-23/h3-11,16H,12-15,18H2,1-2H3,(H,29,33). The minimum Gasteiger partial charge on any atom is -0.368 e. The van der Waals surface area contributed by atoms with Gasteiger partial charge < -0.3 is 19.7 Å². The number of aryl methyl sites for hydroxylation is 2. The second-order valence-corrected chi connectivity index (χ2v) is 8.59. The van der Waals surface area contributed by atoms with Gasteiger partial charge in [-0.3, -0.25) is 14.4 Å². The highest BCUT2D eigenvalue weighted by Gasteiger charge is 2.22. The summed E-state index contributed by atoms with van der Waals surface area (Å²) in [6.07, 6.45) is 0. The second kappa shape index (κ2) is 10.3. The zero-order valence-electron chi connectivity index (χ0n) is 19.8. The molecule has 2 amide bonds. The van der Waals surface area contributed by atoms with Crippen molar-refractivity contribution in [3.05, 3.63) is 93.4 Å². The van der Waals surface area contributed by atoms with Crippen LogP contribution < -0.4 is 15.8 Å². The molecule has 8 nitrogen and oxygen atoms in total. The number of hydrogen-bond donors (Lipinski definition) is 1. The lowest BCUT2D eigenvalue weighted by Crippen LogP contribution is -2.48. The van der Waals surface area contributed by atoms with Crippen molar-refractivity contribution in [1.82, 2.24) is 9.47 Å². The maximum Gasteiger partial charge on any atom is 0.269 e. The normalized spacial score (nSPS) is 13.3. The van der Waals surface area contributed by atoms with Crippen LogP contribution in [-0.2, 0) is 11.3 Å². The van der Waals surface area contributed by atoms with Gasteiger partial charge in [-0.25, -0.2) is 0 Å². The Balaban J connectivity index is 1.36. The summed E-state index contributed by atoms with van der Waals surface area (Å²) in [7, 11) is 0. The van der Waals surface area contributed by atoms with Gasteiger partial charge in [0, 0.05) is 48.8 Å². The van der Waals surface area contributed by atoms with Gasteiger partial charge in [-0.05, 0) is 61.9 Å². The van der Waals surface area contributed by atoms with Crippen molar-refractivity contribution in [2.45, 2.75) is 20.4 Å². The molecule has 178 valence electrons. The van der Waals surface area contributed by atoms with E-state index in [1.807, 2.05) is 29.2 Å². The fraction of sp³-hybridized carbons (Fsp3) is 0.259. The molecule has 2 heterocycles. The molecule has 0 spiro atoms. The quantitative estimate of drug-likeness (QED) is 0.620. The lowest BCUT2D eigenvalue weighted by Gasteiger charge is -2.36. The van der Waals surface area contributed by atoms with E-state index < -0.39 is 5.56 Å². The summed E-state index contributed by atoms with van der Waals surface area (Å²) in [5, 5.41) is 12.0. The van der Waals surface area contributed by atoms with Gasteiger partial charge in [0.1, 0.15) is 18.2 Å². The molecular formula is C27H27N5O3. The van der Waals surface area contributed by atoms with E-state index in [1.54, 1.807) is 44.2 Å². The number of nitrogens with one attached hydrogen (secondary N) is 1. The number of hydrogen-bond acceptors (Lipinski definition) is 5. The third-order valence-corrected chi connectivity index (χ3v) is 6.22. The molecule has 35 heavy (non-hydrogen) atoms. The largest absolute Gasteiger partial charge is 0.368 e. The number of nitrogens with zero attached hydrogens (tertiary/aromatic N) is 4. The number of para-hydroxylation sites is 1. The van der Waals surface area contributed by atoms with Crippen LogP contribution in [0.15, 0.2) is 65.5 Å². The molecule has 0 unspecified atom stereocenters. The van der Waals surface area contributed by atoms with Crippen LogP contribution in [0.3, 0.4) is 0 Å². The predicted octanol–water partition coefficient (Wildman–Crippen LogP) is 2.94. The first kappa shape index (κ1) is 23.8. The summed E-state index contributed by atoms with van der Waals surface area (Å²) in [5.41, 5.74) is 3.00. The summed E-state index contributed by atoms with van der Waals surface area (Å²) in [4.78, 5) is 42.1. The molecule has 0 aliphatic carbocycles. The molecule has 1 aromatic heterocycles. The van der Waals surface area contributed by atoms with Gasteiger partial charge in [-0.1, -0.05) is 18.2 Å². The fourth-order valence-electron chi connectivity index (χ4n) is 4.29. The highest BCUT2D eigenvalue weighted by atomic mass is 16.2. The molecule has 8 heteroatoms. The van der Waals surface area contributed by atoms with Crippen LogP contribution in [0.2, 0.25) is 0 Å². The van der Waals surface area contributed by atoms with E-state index in [0.717, 1.165) is 18.8 Å². The molecule has 1 aliphatic heterocycles. The highest BCUT2D eigenvalue weighted by Crippen LogP contribution is 2.18. The number of benzene rings is 2. The molecular weight excluding hydrogens is 442 g/mol. The summed E-state index contributed by atoms with van der Waals surface area (Å²) in [6.45, 7) is 6.05. The molecule has 4 rings (SSSR count). The van der Waals surface area contributed by atoms with Gasteiger partial charge >= 0.3 is 0 Å². The summed E-state index contributed by atoms with van der Waals surface area (Å²) < 4.78 is 1.29. The predicted molar refractivity (Wildman–Crippen MR) is 135 cm³/mol. The molecule has 1 fully saturated rings. The Labute approximate surface area is 204 Å². The molecule has 1 N–H and O–H groups in total. The summed E-state index contributed by atoms with van der Waals surface area (Å²) in [5.74, 6) is -0.430. The van der Waals surface area contributed by atoms with Gasteiger partial charge in [-0.2, -0.15) is 5.26 Å². The Morgan fingerprint density at radius 1 is 0.971 bits per heavy atom. The number of amides is 2. The van der Waals surface area contributed by atoms with Crippen molar-refractivity contribution >= 4 is 23.2 Å². The van der Waals surface area contributed by atoms with Gasteiger partial charge in [0.05, 0.1) is 0 Å². The number of rotatable bonds is 5.